The van der Waals surface area contributed by atoms with Crippen molar-refractivity contribution >= 4 is 25.8 Å². The summed E-state index contributed by atoms with van der Waals surface area (Å²) in [5.74, 6) is 2.33. The average molecular weight is 541 g/mol. The van der Waals surface area contributed by atoms with Gasteiger partial charge in [0.25, 0.3) is 0 Å². The van der Waals surface area contributed by atoms with Crippen molar-refractivity contribution in [3.05, 3.63) is 36.4 Å². The Labute approximate surface area is 202 Å². The van der Waals surface area contributed by atoms with Gasteiger partial charge in [0, 0.05) is 15.9 Å². The van der Waals surface area contributed by atoms with Crippen molar-refractivity contribution in [1.82, 2.24) is 0 Å². The van der Waals surface area contributed by atoms with Crippen molar-refractivity contribution in [3.63, 3.8) is 0 Å². The van der Waals surface area contributed by atoms with Crippen LogP contribution in [0.1, 0.15) is 78.1 Å². The Bertz CT molecular complexity index is 378. The zero-order chi connectivity index (χ0) is 21.0. The van der Waals surface area contributed by atoms with E-state index >= 15 is 0 Å². The van der Waals surface area contributed by atoms with Gasteiger partial charge < -0.3 is 5.11 Å². The van der Waals surface area contributed by atoms with Gasteiger partial charge in [0.1, 0.15) is 0 Å². The molecule has 4 rings (SSSR count). The number of benzene rings is 1. The van der Waals surface area contributed by atoms with Crippen LogP contribution < -0.4 is 0 Å². The van der Waals surface area contributed by atoms with E-state index in [0.29, 0.717) is 0 Å². The van der Waals surface area contributed by atoms with Gasteiger partial charge in [0.05, 0.1) is 0 Å². The number of hydrogen-bond donors (Lipinski definition) is 1. The first-order chi connectivity index (χ1) is 13.7. The summed E-state index contributed by atoms with van der Waals surface area (Å²) in [5, 5.41) is 7.00. The molecule has 1 nitrogen and oxygen atoms in total. The van der Waals surface area contributed by atoms with E-state index in [-0.39, 0.29) is 16.2 Å². The molecule has 0 heterocycles. The van der Waals surface area contributed by atoms with Crippen LogP contribution in [0.15, 0.2) is 36.4 Å². The minimum atomic E-state index is -0.826. The molecule has 3 aliphatic rings. The molecule has 1 aromatic rings. The fourth-order valence-electron chi connectivity index (χ4n) is 4.70. The summed E-state index contributed by atoms with van der Waals surface area (Å²) in [4.78, 5) is 0. The molecular weight excluding hydrogens is 494 g/mol. The minimum absolute atomic E-state index is 0. The van der Waals surface area contributed by atoms with E-state index in [1.807, 2.05) is 36.4 Å². The molecule has 29 heavy (non-hydrogen) atoms. The van der Waals surface area contributed by atoms with Crippen LogP contribution >= 0.6 is 17.0 Å². The molecule has 0 aliphatic heterocycles. The molecule has 3 aliphatic carbocycles. The van der Waals surface area contributed by atoms with Crippen LogP contribution in [0, 0.1) is 11.8 Å². The molecule has 3 fully saturated rings. The first kappa shape index (κ1) is 32.0. The van der Waals surface area contributed by atoms with Crippen molar-refractivity contribution in [1.29, 1.82) is 0 Å². The third-order valence-electron chi connectivity index (χ3n) is 6.23. The van der Waals surface area contributed by atoms with Crippen molar-refractivity contribution in [2.75, 3.05) is 7.11 Å². The number of hydrogen-bond acceptors (Lipinski definition) is 1. The Morgan fingerprint density at radius 3 is 1.21 bits per heavy atom. The first-order valence-electron chi connectivity index (χ1n) is 11.1. The van der Waals surface area contributed by atoms with Crippen LogP contribution in [0.25, 0.3) is 0 Å². The van der Waals surface area contributed by atoms with Crippen molar-refractivity contribution in [2.45, 2.75) is 96.7 Å². The van der Waals surface area contributed by atoms with Gasteiger partial charge in [-0.1, -0.05) is 128 Å². The van der Waals surface area contributed by atoms with E-state index in [0.717, 1.165) is 7.11 Å². The SMILES string of the molecule is C.C1CCC2CCCC2C1.CO.C[SiH](C)C1CCCC1.[Cl][Zr][Cl].c1ccccc1. The maximum Gasteiger partial charge on any atom is -0.0623 e. The predicted molar refractivity (Wildman–Crippen MR) is 133 cm³/mol. The summed E-state index contributed by atoms with van der Waals surface area (Å²) in [5.41, 5.74) is 1.20. The van der Waals surface area contributed by atoms with Crippen molar-refractivity contribution in [3.8, 4) is 0 Å². The molecule has 2 unspecified atom stereocenters. The molecule has 5 heteroatoms. The first-order valence-corrected chi connectivity index (χ1v) is 20.4. The maximum atomic E-state index is 7.00. The van der Waals surface area contributed by atoms with Crippen LogP contribution in [0.5, 0.6) is 0 Å². The summed E-state index contributed by atoms with van der Waals surface area (Å²) in [6, 6.07) is 12.0. The molecule has 0 radical (unpaired) electrons. The molecule has 3 saturated carbocycles. The van der Waals surface area contributed by atoms with Crippen LogP contribution in [0.3, 0.4) is 0 Å². The summed E-state index contributed by atoms with van der Waals surface area (Å²) in [6.45, 7) is 4.96. The molecule has 2 atom stereocenters. The summed E-state index contributed by atoms with van der Waals surface area (Å²) < 4.78 is 0. The molecule has 0 amide bonds. The molecule has 1 N–H and O–H groups in total. The quantitative estimate of drug-likeness (QED) is 0.353. The second-order valence-electron chi connectivity index (χ2n) is 8.25. The smallest absolute Gasteiger partial charge is 0.0623 e. The third-order valence-corrected chi connectivity index (χ3v) is 8.78. The average Bonchev–Trinajstić information content (AvgIpc) is 3.45. The van der Waals surface area contributed by atoms with E-state index in [4.69, 9.17) is 22.1 Å². The van der Waals surface area contributed by atoms with Gasteiger partial charge in [-0.2, -0.15) is 0 Å². The van der Waals surface area contributed by atoms with Gasteiger partial charge in [-0.25, -0.2) is 0 Å². The van der Waals surface area contributed by atoms with Gasteiger partial charge in [-0.05, 0) is 17.4 Å². The number of rotatable bonds is 1. The van der Waals surface area contributed by atoms with Gasteiger partial charge in [0.2, 0.25) is 0 Å². The van der Waals surface area contributed by atoms with Crippen molar-refractivity contribution < 1.29 is 26.0 Å². The molecule has 170 valence electrons. The Hall–Kier alpha value is 0.860. The molecule has 0 aromatic heterocycles. The van der Waals surface area contributed by atoms with E-state index in [2.05, 4.69) is 13.1 Å². The van der Waals surface area contributed by atoms with Crippen LogP contribution in [0.2, 0.25) is 18.6 Å². The van der Waals surface area contributed by atoms with Crippen LogP contribution in [0.4, 0.5) is 0 Å². The second-order valence-corrected chi connectivity index (χ2v) is 15.4. The zero-order valence-corrected chi connectivity index (χ0v) is 23.4. The van der Waals surface area contributed by atoms with E-state index in [1.54, 1.807) is 38.5 Å². The van der Waals surface area contributed by atoms with E-state index in [9.17, 15) is 0 Å². The van der Waals surface area contributed by atoms with Crippen LogP contribution in [-0.2, 0) is 20.8 Å². The largest absolute Gasteiger partial charge is 0.0623 e. The van der Waals surface area contributed by atoms with Gasteiger partial charge >= 0.3 is 37.9 Å². The third kappa shape index (κ3) is 17.1. The Kier molecular flexibility index (Phi) is 26.0. The van der Waals surface area contributed by atoms with Gasteiger partial charge in [0.15, 0.2) is 0 Å². The normalized spacial score (nSPS) is 21.9. The van der Waals surface area contributed by atoms with Gasteiger partial charge in [-0.3, -0.25) is 0 Å². The van der Waals surface area contributed by atoms with E-state index < -0.39 is 20.8 Å². The molecule has 0 spiro atoms. The monoisotopic (exact) mass is 538 g/mol. The second kappa shape index (κ2) is 23.5. The number of aliphatic hydroxyl groups is 1. The summed E-state index contributed by atoms with van der Waals surface area (Å²) in [7, 11) is 10.6. The summed E-state index contributed by atoms with van der Waals surface area (Å²) in [6.07, 6.45) is 17.0. The van der Waals surface area contributed by atoms with Gasteiger partial charge in [-0.15, -0.1) is 0 Å². The molecule has 1 aromatic carbocycles. The minimum Gasteiger partial charge on any atom is -0.0623 e. The standard InChI is InChI=1S/C9H16.C7H16Si.C6H6.CH4O.CH4.2ClH.Zr/c1-2-5-9-7-3-6-8(9)4-1;1-8(2)7-5-3-4-6-7;1-2-4-6-5-3-1;1-2;;;;/h8-9H,1-7H2;7-8H,3-6H2,1-2H3;1-6H;2H,1H3;1H4;2*1H;/q;;;;;;;+2/p-2. The van der Waals surface area contributed by atoms with Crippen molar-refractivity contribution in [2.24, 2.45) is 11.8 Å². The number of halogens is 2. The Morgan fingerprint density at radius 2 is 0.931 bits per heavy atom. The number of aliphatic hydroxyl groups excluding tert-OH is 1. The fourth-order valence-corrected chi connectivity index (χ4v) is 6.50. The predicted octanol–water partition coefficient (Wildman–Crippen LogP) is 8.70. The zero-order valence-electron chi connectivity index (χ0n) is 18.3. The molecular formula is C24H46Cl2OSiZr. The Balaban J connectivity index is 0. The molecule has 0 saturated heterocycles. The topological polar surface area (TPSA) is 20.2 Å². The Morgan fingerprint density at radius 1 is 0.655 bits per heavy atom. The maximum absolute atomic E-state index is 7.00. The fraction of sp³-hybridized carbons (Fsp3) is 0.750. The van der Waals surface area contributed by atoms with E-state index in [1.165, 1.54) is 49.5 Å². The summed E-state index contributed by atoms with van der Waals surface area (Å²) >= 11 is -0.826. The molecule has 0 bridgehead atoms. The number of fused-ring (bicyclic) bond motifs is 1. The van der Waals surface area contributed by atoms with Crippen LogP contribution in [-0.4, -0.2) is 21.0 Å².